The predicted octanol–water partition coefficient (Wildman–Crippen LogP) is -0.705. The highest BCUT2D eigenvalue weighted by molar-refractivity contribution is 5.90. The van der Waals surface area contributed by atoms with Gasteiger partial charge in [0.15, 0.2) is 5.96 Å². The summed E-state index contributed by atoms with van der Waals surface area (Å²) in [4.78, 5) is 39.7. The number of aliphatic hydroxyl groups is 1. The number of aliphatic hydroxyl groups excluding tert-OH is 1. The largest absolute Gasteiger partial charge is 0.444 e. The summed E-state index contributed by atoms with van der Waals surface area (Å²) in [5, 5.41) is 23.1. The maximum absolute atomic E-state index is 12.6. The van der Waals surface area contributed by atoms with Crippen molar-refractivity contribution >= 4 is 23.9 Å². The summed E-state index contributed by atoms with van der Waals surface area (Å²) < 4.78 is 5.19. The molecule has 0 radical (unpaired) electrons. The van der Waals surface area contributed by atoms with Gasteiger partial charge in [-0.2, -0.15) is 0 Å². The Hall–Kier alpha value is -2.56. The van der Waals surface area contributed by atoms with E-state index in [9.17, 15) is 19.5 Å². The molecule has 3 amide bonds. The van der Waals surface area contributed by atoms with Gasteiger partial charge in [-0.25, -0.2) is 4.79 Å². The molecule has 0 aromatic rings. The molecule has 29 heavy (non-hydrogen) atoms. The van der Waals surface area contributed by atoms with Crippen LogP contribution in [-0.4, -0.2) is 82.3 Å². The summed E-state index contributed by atoms with van der Waals surface area (Å²) >= 11 is 0. The van der Waals surface area contributed by atoms with Crippen LogP contribution < -0.4 is 16.4 Å². The lowest BCUT2D eigenvalue weighted by Crippen LogP contribution is -2.60. The number of guanidine groups is 1. The van der Waals surface area contributed by atoms with Crippen molar-refractivity contribution in [3.8, 4) is 0 Å². The molecule has 6 N–H and O–H groups in total. The monoisotopic (exact) mass is 412 g/mol. The Balaban J connectivity index is 1.88. The molecular formula is C18H32N6O5. The van der Waals surface area contributed by atoms with Crippen molar-refractivity contribution in [3.05, 3.63) is 0 Å². The molecular weight excluding hydrogens is 380 g/mol. The van der Waals surface area contributed by atoms with Crippen molar-refractivity contribution in [2.75, 3.05) is 19.6 Å². The van der Waals surface area contributed by atoms with Gasteiger partial charge in [0.1, 0.15) is 17.9 Å². The number of nitrogens with zero attached hydrogens (tertiary/aromatic N) is 2. The minimum atomic E-state index is -1.08. The molecule has 2 aliphatic rings. The Bertz CT molecular complexity index is 649. The molecule has 2 heterocycles. The SMILES string of the molecule is CC(C)(C)OC(=O)N[C@H]1CCCN(CC(=O)N[C@H]2CCCN(C(=N)N)C2O)C1=O. The molecule has 2 saturated heterocycles. The third-order valence-corrected chi connectivity index (χ3v) is 4.81. The average Bonchev–Trinajstić information content (AvgIpc) is 2.58. The first kappa shape index (κ1) is 22.7. The van der Waals surface area contributed by atoms with Crippen molar-refractivity contribution < 1.29 is 24.2 Å². The van der Waals surface area contributed by atoms with Gasteiger partial charge < -0.3 is 36.0 Å². The zero-order valence-corrected chi connectivity index (χ0v) is 17.2. The van der Waals surface area contributed by atoms with Crippen molar-refractivity contribution in [1.82, 2.24) is 20.4 Å². The molecule has 2 aliphatic heterocycles. The fourth-order valence-corrected chi connectivity index (χ4v) is 3.50. The van der Waals surface area contributed by atoms with Crippen LogP contribution in [0.5, 0.6) is 0 Å². The Morgan fingerprint density at radius 2 is 1.90 bits per heavy atom. The van der Waals surface area contributed by atoms with Gasteiger partial charge in [0, 0.05) is 13.1 Å². The van der Waals surface area contributed by atoms with Gasteiger partial charge in [0.05, 0.1) is 12.6 Å². The van der Waals surface area contributed by atoms with E-state index in [2.05, 4.69) is 10.6 Å². The second-order valence-electron chi connectivity index (χ2n) is 8.41. The number of carbonyl (C=O) groups excluding carboxylic acids is 3. The van der Waals surface area contributed by atoms with Crippen LogP contribution >= 0.6 is 0 Å². The van der Waals surface area contributed by atoms with Gasteiger partial charge in [-0.05, 0) is 46.5 Å². The number of rotatable bonds is 4. The van der Waals surface area contributed by atoms with E-state index in [1.807, 2.05) is 0 Å². The Morgan fingerprint density at radius 3 is 2.52 bits per heavy atom. The van der Waals surface area contributed by atoms with E-state index in [0.717, 1.165) is 0 Å². The molecule has 3 atom stereocenters. The molecule has 0 aliphatic carbocycles. The Morgan fingerprint density at radius 1 is 1.24 bits per heavy atom. The summed E-state index contributed by atoms with van der Waals surface area (Å²) in [7, 11) is 0. The second-order valence-corrected chi connectivity index (χ2v) is 8.41. The van der Waals surface area contributed by atoms with Crippen LogP contribution in [0.4, 0.5) is 4.79 Å². The van der Waals surface area contributed by atoms with E-state index >= 15 is 0 Å². The van der Waals surface area contributed by atoms with Crippen LogP contribution in [0, 0.1) is 5.41 Å². The van der Waals surface area contributed by atoms with Gasteiger partial charge in [0.25, 0.3) is 0 Å². The van der Waals surface area contributed by atoms with Gasteiger partial charge in [-0.1, -0.05) is 0 Å². The van der Waals surface area contributed by atoms with E-state index in [0.29, 0.717) is 38.8 Å². The van der Waals surface area contributed by atoms with E-state index in [4.69, 9.17) is 15.9 Å². The highest BCUT2D eigenvalue weighted by Crippen LogP contribution is 2.16. The first-order valence-electron chi connectivity index (χ1n) is 9.84. The molecule has 1 unspecified atom stereocenters. The molecule has 2 rings (SSSR count). The number of alkyl carbamates (subject to hydrolysis) is 1. The van der Waals surface area contributed by atoms with Crippen LogP contribution in [0.15, 0.2) is 0 Å². The molecule has 0 aromatic heterocycles. The standard InChI is InChI=1S/C18H32N6O5/c1-18(2,3)29-17(28)22-11-6-4-8-23(14(11)26)10-13(25)21-12-7-5-9-24(15(12)27)16(19)20/h11-12,15,27H,4-10H2,1-3H3,(H3,19,20)(H,21,25)(H,22,28)/t11-,12-,15?/m0/s1. The van der Waals surface area contributed by atoms with Crippen LogP contribution in [0.25, 0.3) is 0 Å². The van der Waals surface area contributed by atoms with Crippen LogP contribution in [0.2, 0.25) is 0 Å². The molecule has 2 fully saturated rings. The lowest BCUT2D eigenvalue weighted by molar-refractivity contribution is -0.140. The highest BCUT2D eigenvalue weighted by Gasteiger charge is 2.35. The normalized spacial score (nSPS) is 25.4. The maximum atomic E-state index is 12.6. The van der Waals surface area contributed by atoms with E-state index in [1.54, 1.807) is 20.8 Å². The van der Waals surface area contributed by atoms with Gasteiger partial charge in [-0.15, -0.1) is 0 Å². The van der Waals surface area contributed by atoms with Crippen LogP contribution in [-0.2, 0) is 14.3 Å². The molecule has 11 heteroatoms. The number of piperidine rings is 2. The summed E-state index contributed by atoms with van der Waals surface area (Å²) in [6, 6.07) is -1.31. The minimum absolute atomic E-state index is 0.172. The maximum Gasteiger partial charge on any atom is 0.408 e. The third kappa shape index (κ3) is 6.48. The lowest BCUT2D eigenvalue weighted by atomic mass is 10.0. The van der Waals surface area contributed by atoms with Crippen LogP contribution in [0.1, 0.15) is 46.5 Å². The van der Waals surface area contributed by atoms with Crippen LogP contribution in [0.3, 0.4) is 0 Å². The Kier molecular flexibility index (Phi) is 7.28. The number of carbonyl (C=O) groups is 3. The smallest absolute Gasteiger partial charge is 0.408 e. The second kappa shape index (κ2) is 9.29. The zero-order chi connectivity index (χ0) is 21.8. The Labute approximate surface area is 170 Å². The lowest BCUT2D eigenvalue weighted by Gasteiger charge is -2.39. The number of hydrogen-bond donors (Lipinski definition) is 5. The molecule has 0 saturated carbocycles. The number of nitrogens with one attached hydrogen (secondary N) is 3. The first-order chi connectivity index (χ1) is 13.5. The predicted molar refractivity (Wildman–Crippen MR) is 105 cm³/mol. The van der Waals surface area contributed by atoms with Crippen molar-refractivity contribution in [2.24, 2.45) is 5.73 Å². The molecule has 164 valence electrons. The minimum Gasteiger partial charge on any atom is -0.444 e. The van der Waals surface area contributed by atoms with Crippen molar-refractivity contribution in [2.45, 2.75) is 70.4 Å². The summed E-state index contributed by atoms with van der Waals surface area (Å²) in [6.45, 7) is 5.89. The number of ether oxygens (including phenoxy) is 1. The van der Waals surface area contributed by atoms with E-state index in [1.165, 1.54) is 9.80 Å². The topological polar surface area (TPSA) is 161 Å². The fourth-order valence-electron chi connectivity index (χ4n) is 3.50. The highest BCUT2D eigenvalue weighted by atomic mass is 16.6. The zero-order valence-electron chi connectivity index (χ0n) is 17.2. The molecule has 0 spiro atoms. The number of likely N-dealkylation sites (tertiary alicyclic amines) is 2. The molecule has 0 aromatic carbocycles. The van der Waals surface area contributed by atoms with Gasteiger partial charge in [0.2, 0.25) is 11.8 Å². The molecule has 0 bridgehead atoms. The number of nitrogens with two attached hydrogens (primary N) is 1. The number of amides is 3. The van der Waals surface area contributed by atoms with E-state index in [-0.39, 0.29) is 18.4 Å². The summed E-state index contributed by atoms with van der Waals surface area (Å²) in [5.74, 6) is -1.00. The summed E-state index contributed by atoms with van der Waals surface area (Å²) in [6.07, 6.45) is 0.592. The van der Waals surface area contributed by atoms with Gasteiger partial charge in [-0.3, -0.25) is 15.0 Å². The molecule has 11 nitrogen and oxygen atoms in total. The third-order valence-electron chi connectivity index (χ3n) is 4.81. The number of hydrogen-bond acceptors (Lipinski definition) is 6. The summed E-state index contributed by atoms with van der Waals surface area (Å²) in [5.41, 5.74) is 4.78. The quantitative estimate of drug-likeness (QED) is 0.301. The average molecular weight is 412 g/mol. The van der Waals surface area contributed by atoms with Gasteiger partial charge >= 0.3 is 6.09 Å². The van der Waals surface area contributed by atoms with E-state index < -0.39 is 35.9 Å². The van der Waals surface area contributed by atoms with Crippen molar-refractivity contribution in [1.29, 1.82) is 5.41 Å². The fraction of sp³-hybridized carbons (Fsp3) is 0.778. The van der Waals surface area contributed by atoms with Crippen molar-refractivity contribution in [3.63, 3.8) is 0 Å². The first-order valence-corrected chi connectivity index (χ1v) is 9.84.